The molecule has 8 heteroatoms. The number of carbonyl (C=O) groups is 2. The second-order valence-electron chi connectivity index (χ2n) is 10.9. The molecule has 6 rings (SSSR count). The first-order valence-electron chi connectivity index (χ1n) is 14.7. The number of fused-ring (bicyclic) bond motifs is 1. The molecule has 3 heterocycles. The van der Waals surface area contributed by atoms with Crippen molar-refractivity contribution in [2.75, 3.05) is 6.54 Å². The molecule has 0 radical (unpaired) electrons. The van der Waals surface area contributed by atoms with Crippen LogP contribution in [0.3, 0.4) is 0 Å². The number of benzene rings is 3. The molecule has 44 heavy (non-hydrogen) atoms. The summed E-state index contributed by atoms with van der Waals surface area (Å²) in [6.45, 7) is 3.16. The molecule has 220 valence electrons. The van der Waals surface area contributed by atoms with Crippen LogP contribution < -0.4 is 0 Å². The van der Waals surface area contributed by atoms with Crippen LogP contribution >= 0.6 is 0 Å². The zero-order valence-electron chi connectivity index (χ0n) is 24.5. The monoisotopic (exact) mass is 583 g/mol. The van der Waals surface area contributed by atoms with Crippen molar-refractivity contribution in [1.82, 2.24) is 24.9 Å². The quantitative estimate of drug-likeness (QED) is 0.208. The van der Waals surface area contributed by atoms with E-state index in [9.17, 15) is 9.59 Å². The largest absolute Gasteiger partial charge is 0.361 e. The lowest BCUT2D eigenvalue weighted by Crippen LogP contribution is -2.52. The zero-order chi connectivity index (χ0) is 30.3. The van der Waals surface area contributed by atoms with Crippen LogP contribution in [0.4, 0.5) is 0 Å². The average Bonchev–Trinajstić information content (AvgIpc) is 3.50. The Balaban J connectivity index is 1.34. The lowest BCUT2D eigenvalue weighted by molar-refractivity contribution is -0.144. The van der Waals surface area contributed by atoms with E-state index < -0.39 is 6.04 Å². The minimum atomic E-state index is -0.724. The molecule has 5 aromatic rings. The third kappa shape index (κ3) is 6.81. The van der Waals surface area contributed by atoms with E-state index in [0.29, 0.717) is 31.0 Å². The molecule has 1 unspecified atom stereocenters. The van der Waals surface area contributed by atoms with Gasteiger partial charge in [-0.15, -0.1) is 0 Å². The maximum atomic E-state index is 14.4. The number of nitrogens with zero attached hydrogens (tertiary/aromatic N) is 5. The van der Waals surface area contributed by atoms with E-state index in [4.69, 9.17) is 4.52 Å². The van der Waals surface area contributed by atoms with Gasteiger partial charge in [0.05, 0.1) is 11.9 Å². The van der Waals surface area contributed by atoms with Crippen molar-refractivity contribution in [2.45, 2.75) is 38.9 Å². The predicted molar refractivity (Wildman–Crippen MR) is 168 cm³/mol. The van der Waals surface area contributed by atoms with Crippen molar-refractivity contribution in [3.05, 3.63) is 143 Å². The van der Waals surface area contributed by atoms with Crippen LogP contribution in [0.5, 0.6) is 0 Å². The van der Waals surface area contributed by atoms with Gasteiger partial charge in [0, 0.05) is 56.2 Å². The first-order valence-corrected chi connectivity index (χ1v) is 14.7. The topological polar surface area (TPSA) is 92.4 Å². The minimum Gasteiger partial charge on any atom is -0.361 e. The van der Waals surface area contributed by atoms with E-state index in [1.54, 1.807) is 42.6 Å². The molecule has 0 aliphatic carbocycles. The van der Waals surface area contributed by atoms with Crippen LogP contribution in [0.1, 0.15) is 33.7 Å². The summed E-state index contributed by atoms with van der Waals surface area (Å²) in [5.41, 5.74) is 6.51. The number of hydrogen-bond donors (Lipinski definition) is 0. The van der Waals surface area contributed by atoms with E-state index in [1.807, 2.05) is 71.6 Å². The molecule has 1 atom stereocenters. The van der Waals surface area contributed by atoms with Gasteiger partial charge in [-0.2, -0.15) is 0 Å². The van der Waals surface area contributed by atoms with E-state index >= 15 is 0 Å². The minimum absolute atomic E-state index is 0.0708. The summed E-state index contributed by atoms with van der Waals surface area (Å²) in [5, 5.41) is 3.99. The van der Waals surface area contributed by atoms with Gasteiger partial charge in [-0.05, 0) is 41.7 Å². The molecule has 0 saturated carbocycles. The van der Waals surface area contributed by atoms with Gasteiger partial charge in [-0.25, -0.2) is 0 Å². The summed E-state index contributed by atoms with van der Waals surface area (Å²) < 4.78 is 5.18. The van der Waals surface area contributed by atoms with E-state index in [0.717, 1.165) is 34.4 Å². The molecule has 0 fully saturated rings. The molecular formula is C36H33N5O3. The molecule has 0 N–H and O–H groups in total. The summed E-state index contributed by atoms with van der Waals surface area (Å²) in [6, 6.07) is 27.0. The molecule has 2 aromatic heterocycles. The van der Waals surface area contributed by atoms with Gasteiger partial charge in [-0.3, -0.25) is 19.6 Å². The van der Waals surface area contributed by atoms with Crippen LogP contribution in [0.25, 0.3) is 17.3 Å². The number of amides is 2. The highest BCUT2D eigenvalue weighted by molar-refractivity contribution is 5.95. The van der Waals surface area contributed by atoms with Gasteiger partial charge < -0.3 is 14.3 Å². The summed E-state index contributed by atoms with van der Waals surface area (Å²) >= 11 is 0. The second-order valence-corrected chi connectivity index (χ2v) is 10.9. The van der Waals surface area contributed by atoms with Crippen molar-refractivity contribution < 1.29 is 14.1 Å². The van der Waals surface area contributed by atoms with Crippen LogP contribution in [0, 0.1) is 6.92 Å². The van der Waals surface area contributed by atoms with Crippen LogP contribution in [0.15, 0.2) is 114 Å². The molecule has 2 amide bonds. The maximum absolute atomic E-state index is 14.4. The third-order valence-corrected chi connectivity index (χ3v) is 7.87. The Morgan fingerprint density at radius 1 is 0.955 bits per heavy atom. The van der Waals surface area contributed by atoms with Crippen LogP contribution in [-0.2, 0) is 35.5 Å². The number of aromatic nitrogens is 3. The van der Waals surface area contributed by atoms with Gasteiger partial charge in [0.25, 0.3) is 0 Å². The highest BCUT2D eigenvalue weighted by atomic mass is 16.5. The molecule has 0 bridgehead atoms. The number of hydrogen-bond acceptors (Lipinski definition) is 6. The first kappa shape index (κ1) is 28.7. The fraction of sp³-hybridized carbons (Fsp3) is 0.194. The Kier molecular flexibility index (Phi) is 8.68. The van der Waals surface area contributed by atoms with Crippen LogP contribution in [-0.4, -0.2) is 49.3 Å². The highest BCUT2D eigenvalue weighted by Crippen LogP contribution is 2.24. The predicted octanol–water partition coefficient (Wildman–Crippen LogP) is 5.68. The molecular weight excluding hydrogens is 550 g/mol. The average molecular weight is 584 g/mol. The Bertz CT molecular complexity index is 1750. The van der Waals surface area contributed by atoms with Crippen molar-refractivity contribution in [3.63, 3.8) is 0 Å². The number of carbonyl (C=O) groups excluding carboxylic acids is 2. The molecule has 0 spiro atoms. The van der Waals surface area contributed by atoms with Crippen molar-refractivity contribution in [1.29, 1.82) is 0 Å². The molecule has 3 aromatic carbocycles. The normalized spacial score (nSPS) is 13.4. The maximum Gasteiger partial charge on any atom is 0.247 e. The Labute approximate surface area is 256 Å². The van der Waals surface area contributed by atoms with Gasteiger partial charge in [0.15, 0.2) is 0 Å². The fourth-order valence-electron chi connectivity index (χ4n) is 5.55. The molecule has 1 aliphatic heterocycles. The number of aryl methyl sites for hydroxylation is 1. The third-order valence-electron chi connectivity index (χ3n) is 7.87. The smallest absolute Gasteiger partial charge is 0.247 e. The molecule has 1 aliphatic rings. The fourth-order valence-corrected chi connectivity index (χ4v) is 5.55. The van der Waals surface area contributed by atoms with Crippen molar-refractivity contribution in [3.8, 4) is 11.3 Å². The van der Waals surface area contributed by atoms with Crippen molar-refractivity contribution >= 4 is 17.9 Å². The van der Waals surface area contributed by atoms with Gasteiger partial charge in [0.2, 0.25) is 11.8 Å². The Morgan fingerprint density at radius 3 is 2.45 bits per heavy atom. The van der Waals surface area contributed by atoms with Gasteiger partial charge in [0.1, 0.15) is 17.5 Å². The molecule has 0 saturated heterocycles. The summed E-state index contributed by atoms with van der Waals surface area (Å²) in [5.74, 6) is 0.300. The van der Waals surface area contributed by atoms with Gasteiger partial charge in [-0.1, -0.05) is 84.0 Å². The van der Waals surface area contributed by atoms with E-state index in [2.05, 4.69) is 27.3 Å². The van der Waals surface area contributed by atoms with E-state index in [1.165, 1.54) is 11.6 Å². The number of rotatable bonds is 9. The second kappa shape index (κ2) is 13.3. The highest BCUT2D eigenvalue weighted by Gasteiger charge is 2.34. The summed E-state index contributed by atoms with van der Waals surface area (Å²) in [6.07, 6.45) is 9.28. The van der Waals surface area contributed by atoms with Gasteiger partial charge >= 0.3 is 0 Å². The zero-order valence-corrected chi connectivity index (χ0v) is 24.5. The van der Waals surface area contributed by atoms with E-state index in [-0.39, 0.29) is 18.4 Å². The lowest BCUT2D eigenvalue weighted by Gasteiger charge is -2.36. The summed E-state index contributed by atoms with van der Waals surface area (Å²) in [4.78, 5) is 40.6. The summed E-state index contributed by atoms with van der Waals surface area (Å²) in [7, 11) is 0. The van der Waals surface area contributed by atoms with Crippen LogP contribution in [0.2, 0.25) is 0 Å². The lowest BCUT2D eigenvalue weighted by atomic mass is 9.97. The molecule has 8 nitrogen and oxygen atoms in total. The standard InChI is InChI=1S/C36H33N5O3/c1-26-21-32(39-44-26)15-16-35(42)41(24-28-11-13-30(14-12-28)33-23-37-18-19-38-33)34(22-27-7-3-2-4-8-27)36(43)40-20-17-29-9-5-6-10-31(29)25-40/h2-16,18-19,21,23,34H,17,20,22,24-25H2,1H3. The Morgan fingerprint density at radius 2 is 1.73 bits per heavy atom. The first-order chi connectivity index (χ1) is 21.5. The Hall–Kier alpha value is -5.37. The SMILES string of the molecule is Cc1cc(C=CC(=O)N(Cc2ccc(-c3cnccn3)cc2)C(Cc2ccccc2)C(=O)N2CCc3ccccc3C2)no1. The van der Waals surface area contributed by atoms with Crippen molar-refractivity contribution in [2.24, 2.45) is 0 Å².